The van der Waals surface area contributed by atoms with E-state index in [2.05, 4.69) is 22.1 Å². The second-order valence-corrected chi connectivity index (χ2v) is 9.17. The molecule has 1 amide bonds. The summed E-state index contributed by atoms with van der Waals surface area (Å²) in [6, 6.07) is 8.38. The maximum absolute atomic E-state index is 12.6. The van der Waals surface area contributed by atoms with Crippen molar-refractivity contribution in [1.82, 2.24) is 15.2 Å². The number of rotatable bonds is 4. The summed E-state index contributed by atoms with van der Waals surface area (Å²) in [6.07, 6.45) is 4.15. The Labute approximate surface area is 156 Å². The number of hydrogen-bond donors (Lipinski definition) is 2. The Balaban J connectivity index is 1.41. The van der Waals surface area contributed by atoms with Gasteiger partial charge in [0.2, 0.25) is 0 Å². The van der Waals surface area contributed by atoms with Gasteiger partial charge in [-0.1, -0.05) is 11.8 Å². The highest BCUT2D eigenvalue weighted by Gasteiger charge is 2.40. The fourth-order valence-corrected chi connectivity index (χ4v) is 5.68. The molecule has 1 aromatic carbocycles. The monoisotopic (exact) mass is 374 g/mol. The van der Waals surface area contributed by atoms with Gasteiger partial charge in [0.1, 0.15) is 0 Å². The Hall–Kier alpha value is -1.57. The maximum Gasteiger partial charge on any atom is 0.280 e. The van der Waals surface area contributed by atoms with Gasteiger partial charge in [-0.2, -0.15) is 0 Å². The molecule has 0 unspecified atom stereocenters. The van der Waals surface area contributed by atoms with Crippen LogP contribution in [-0.4, -0.2) is 41.0 Å². The molecule has 3 saturated heterocycles. The third-order valence-electron chi connectivity index (χ3n) is 5.25. The molecular weight excluding hydrogens is 352 g/mol. The zero-order chi connectivity index (χ0) is 17.4. The van der Waals surface area contributed by atoms with E-state index >= 15 is 0 Å². The number of amides is 1. The number of carbonyl (C=O) groups is 1. The van der Waals surface area contributed by atoms with Gasteiger partial charge in [-0.15, -0.1) is 11.3 Å². The molecule has 5 rings (SSSR count). The van der Waals surface area contributed by atoms with Crippen molar-refractivity contribution in [2.24, 2.45) is 5.92 Å². The Kier molecular flexibility index (Phi) is 4.71. The van der Waals surface area contributed by atoms with Crippen LogP contribution in [0.5, 0.6) is 0 Å². The molecule has 0 spiro atoms. The quantitative estimate of drug-likeness (QED) is 0.805. The lowest BCUT2D eigenvalue weighted by atomic mass is 9.79. The van der Waals surface area contributed by atoms with Crippen molar-refractivity contribution in [3.8, 4) is 0 Å². The van der Waals surface area contributed by atoms with Crippen LogP contribution in [0.4, 0.5) is 5.69 Å². The zero-order valence-electron chi connectivity index (χ0n) is 14.1. The van der Waals surface area contributed by atoms with Gasteiger partial charge >= 0.3 is 0 Å². The molecule has 132 valence electrons. The molecule has 1 aromatic heterocycles. The summed E-state index contributed by atoms with van der Waals surface area (Å²) >= 11 is 3.05. The van der Waals surface area contributed by atoms with Gasteiger partial charge in [-0.3, -0.25) is 9.69 Å². The summed E-state index contributed by atoms with van der Waals surface area (Å²) in [6.45, 7) is 4.55. The molecule has 0 radical (unpaired) electrons. The summed E-state index contributed by atoms with van der Waals surface area (Å²) in [7, 11) is 0. The topological polar surface area (TPSA) is 71.2 Å². The van der Waals surface area contributed by atoms with Crippen molar-refractivity contribution < 1.29 is 4.79 Å². The van der Waals surface area contributed by atoms with E-state index in [1.165, 1.54) is 24.2 Å². The number of carbonyl (C=O) groups excluding carboxylic acids is 1. The molecule has 2 bridgehead atoms. The SMILES string of the molecule is C[C@@H]1[C@H](NC(=O)c2ncc(Sc3ccc(N)cc3)s2)C2CCN1CC2. The van der Waals surface area contributed by atoms with Crippen molar-refractivity contribution in [3.63, 3.8) is 0 Å². The summed E-state index contributed by atoms with van der Waals surface area (Å²) in [5.74, 6) is 0.562. The molecule has 5 nitrogen and oxygen atoms in total. The van der Waals surface area contributed by atoms with Gasteiger partial charge in [0.15, 0.2) is 5.01 Å². The van der Waals surface area contributed by atoms with Crippen molar-refractivity contribution in [2.75, 3.05) is 18.8 Å². The maximum atomic E-state index is 12.6. The van der Waals surface area contributed by atoms with Crippen LogP contribution in [0.2, 0.25) is 0 Å². The number of piperidine rings is 3. The normalized spacial score (nSPS) is 28.0. The first-order chi connectivity index (χ1) is 12.1. The highest BCUT2D eigenvalue weighted by Crippen LogP contribution is 2.34. The number of nitrogens with zero attached hydrogens (tertiary/aromatic N) is 2. The predicted molar refractivity (Wildman–Crippen MR) is 102 cm³/mol. The van der Waals surface area contributed by atoms with E-state index in [0.717, 1.165) is 27.9 Å². The minimum absolute atomic E-state index is 0.0419. The Morgan fingerprint density at radius 2 is 2.04 bits per heavy atom. The van der Waals surface area contributed by atoms with Crippen LogP contribution in [0.25, 0.3) is 0 Å². The molecule has 4 heterocycles. The van der Waals surface area contributed by atoms with Gasteiger partial charge < -0.3 is 11.1 Å². The Morgan fingerprint density at radius 1 is 1.32 bits per heavy atom. The van der Waals surface area contributed by atoms with Crippen LogP contribution in [0, 0.1) is 5.92 Å². The van der Waals surface area contributed by atoms with Gasteiger partial charge in [-0.25, -0.2) is 4.98 Å². The van der Waals surface area contributed by atoms with Crippen LogP contribution in [-0.2, 0) is 0 Å². The molecule has 0 saturated carbocycles. The number of benzene rings is 1. The summed E-state index contributed by atoms with van der Waals surface area (Å²) < 4.78 is 1.01. The standard InChI is InChI=1S/C18H22N4OS2/c1-11-16(12-6-8-22(11)9-7-12)21-17(23)18-20-10-15(25-18)24-14-4-2-13(19)3-5-14/h2-5,10-12,16H,6-9,19H2,1H3,(H,21,23)/t11-,16+/m1/s1. The minimum atomic E-state index is -0.0419. The number of anilines is 1. The van der Waals surface area contributed by atoms with Crippen LogP contribution in [0.1, 0.15) is 29.6 Å². The first-order valence-electron chi connectivity index (χ1n) is 8.64. The van der Waals surface area contributed by atoms with Crippen molar-refractivity contribution in [2.45, 2.75) is 41.0 Å². The number of nitrogen functional groups attached to an aromatic ring is 1. The summed E-state index contributed by atoms with van der Waals surface area (Å²) in [5, 5.41) is 3.79. The second kappa shape index (κ2) is 6.97. The fraction of sp³-hybridized carbons (Fsp3) is 0.444. The van der Waals surface area contributed by atoms with Gasteiger partial charge in [-0.05, 0) is 63.0 Å². The van der Waals surface area contributed by atoms with E-state index in [0.29, 0.717) is 17.0 Å². The average molecular weight is 375 g/mol. The van der Waals surface area contributed by atoms with E-state index in [4.69, 9.17) is 5.73 Å². The largest absolute Gasteiger partial charge is 0.399 e. The smallest absolute Gasteiger partial charge is 0.280 e. The van der Waals surface area contributed by atoms with Gasteiger partial charge in [0.05, 0.1) is 10.4 Å². The van der Waals surface area contributed by atoms with E-state index < -0.39 is 0 Å². The Bertz CT molecular complexity index is 751. The van der Waals surface area contributed by atoms with Crippen LogP contribution in [0.3, 0.4) is 0 Å². The van der Waals surface area contributed by atoms with Crippen LogP contribution in [0.15, 0.2) is 39.6 Å². The molecule has 2 aromatic rings. The predicted octanol–water partition coefficient (Wildman–Crippen LogP) is 3.09. The molecule has 0 aliphatic carbocycles. The molecule has 3 aliphatic rings. The number of aromatic nitrogens is 1. The molecule has 25 heavy (non-hydrogen) atoms. The molecular formula is C18H22N4OS2. The van der Waals surface area contributed by atoms with Crippen molar-refractivity contribution in [1.29, 1.82) is 0 Å². The van der Waals surface area contributed by atoms with E-state index in [1.807, 2.05) is 24.3 Å². The molecule has 3 aliphatic heterocycles. The first-order valence-corrected chi connectivity index (χ1v) is 10.3. The van der Waals surface area contributed by atoms with Crippen molar-refractivity contribution >= 4 is 34.7 Å². The number of nitrogens with two attached hydrogens (primary N) is 1. The lowest BCUT2D eigenvalue weighted by molar-refractivity contribution is 0.0217. The van der Waals surface area contributed by atoms with E-state index in [9.17, 15) is 4.79 Å². The first kappa shape index (κ1) is 16.9. The molecule has 2 atom stereocenters. The van der Waals surface area contributed by atoms with Crippen molar-refractivity contribution in [3.05, 3.63) is 35.5 Å². The average Bonchev–Trinajstić information content (AvgIpc) is 3.09. The summed E-state index contributed by atoms with van der Waals surface area (Å²) in [5.41, 5.74) is 6.46. The third kappa shape index (κ3) is 3.54. The van der Waals surface area contributed by atoms with Crippen LogP contribution >= 0.6 is 23.1 Å². The lowest BCUT2D eigenvalue weighted by Gasteiger charge is -2.49. The number of thiazole rings is 1. The van der Waals surface area contributed by atoms with E-state index in [1.54, 1.807) is 18.0 Å². The number of fused-ring (bicyclic) bond motifs is 3. The second-order valence-electron chi connectivity index (χ2n) is 6.77. The van der Waals surface area contributed by atoms with Crippen LogP contribution < -0.4 is 11.1 Å². The van der Waals surface area contributed by atoms with Gasteiger partial charge in [0.25, 0.3) is 5.91 Å². The summed E-state index contributed by atoms with van der Waals surface area (Å²) in [4.78, 5) is 20.5. The minimum Gasteiger partial charge on any atom is -0.399 e. The third-order valence-corrected chi connectivity index (χ3v) is 7.36. The fourth-order valence-electron chi connectivity index (χ4n) is 3.82. The number of nitrogens with one attached hydrogen (secondary N) is 1. The molecule has 7 heteroatoms. The lowest BCUT2D eigenvalue weighted by Crippen LogP contribution is -2.62. The van der Waals surface area contributed by atoms with E-state index in [-0.39, 0.29) is 11.9 Å². The highest BCUT2D eigenvalue weighted by atomic mass is 32.2. The molecule has 3 fully saturated rings. The van der Waals surface area contributed by atoms with Gasteiger partial charge in [0, 0.05) is 22.7 Å². The highest BCUT2D eigenvalue weighted by molar-refractivity contribution is 8.01. The molecule has 3 N–H and O–H groups in total. The Morgan fingerprint density at radius 3 is 2.72 bits per heavy atom. The number of hydrogen-bond acceptors (Lipinski definition) is 6. The zero-order valence-corrected chi connectivity index (χ0v) is 15.8.